The van der Waals surface area contributed by atoms with Crippen LogP contribution in [0.2, 0.25) is 0 Å². The molecular weight excluding hydrogens is 280 g/mol. The summed E-state index contributed by atoms with van der Waals surface area (Å²) in [5.74, 6) is 1.21. The minimum Gasteiger partial charge on any atom is -0.493 e. The Balaban J connectivity index is 2.10. The van der Waals surface area contributed by atoms with Gasteiger partial charge in [-0.05, 0) is 24.6 Å². The van der Waals surface area contributed by atoms with Gasteiger partial charge in [0.15, 0.2) is 17.3 Å². The fraction of sp³-hybridized carbons (Fsp3) is 0.278. The number of rotatable bonds is 3. The van der Waals surface area contributed by atoms with Crippen LogP contribution >= 0.6 is 0 Å². The van der Waals surface area contributed by atoms with Crippen LogP contribution in [0.4, 0.5) is 0 Å². The van der Waals surface area contributed by atoms with Crippen molar-refractivity contribution in [2.75, 3.05) is 14.2 Å². The normalized spacial score (nSPS) is 20.0. The second-order valence-corrected chi connectivity index (χ2v) is 5.25. The molecule has 3 rings (SSSR count). The molecule has 0 aromatic heterocycles. The Morgan fingerprint density at radius 3 is 2.36 bits per heavy atom. The van der Waals surface area contributed by atoms with Gasteiger partial charge in [0.1, 0.15) is 6.10 Å². The molecule has 1 aliphatic heterocycles. The highest BCUT2D eigenvalue weighted by Gasteiger charge is 2.38. The van der Waals surface area contributed by atoms with Crippen molar-refractivity contribution in [3.05, 3.63) is 53.6 Å². The van der Waals surface area contributed by atoms with Gasteiger partial charge in [0.2, 0.25) is 5.75 Å². The Morgan fingerprint density at radius 2 is 1.73 bits per heavy atom. The quantitative estimate of drug-likeness (QED) is 0.870. The number of carbonyl (C=O) groups is 1. The highest BCUT2D eigenvalue weighted by molar-refractivity contribution is 6.05. The van der Waals surface area contributed by atoms with E-state index in [1.54, 1.807) is 26.4 Å². The van der Waals surface area contributed by atoms with Gasteiger partial charge >= 0.3 is 0 Å². The van der Waals surface area contributed by atoms with Crippen molar-refractivity contribution < 1.29 is 19.0 Å². The molecule has 4 nitrogen and oxygen atoms in total. The average Bonchev–Trinajstić information content (AvgIpc) is 2.54. The van der Waals surface area contributed by atoms with Crippen LogP contribution in [0.5, 0.6) is 17.2 Å². The number of methoxy groups -OCH3 is 2. The van der Waals surface area contributed by atoms with Gasteiger partial charge in [-0.2, -0.15) is 0 Å². The van der Waals surface area contributed by atoms with Crippen LogP contribution in [-0.2, 0) is 0 Å². The Labute approximate surface area is 129 Å². The summed E-state index contributed by atoms with van der Waals surface area (Å²) in [6, 6.07) is 13.2. The maximum atomic E-state index is 12.9. The number of fused-ring (bicyclic) bond motifs is 1. The van der Waals surface area contributed by atoms with E-state index in [0.717, 1.165) is 5.56 Å². The number of Topliss-reactive ketones (excluding diaryl/α,β-unsaturated/α-hetero) is 1. The van der Waals surface area contributed by atoms with E-state index < -0.39 is 0 Å². The molecule has 0 aliphatic carbocycles. The van der Waals surface area contributed by atoms with Crippen LogP contribution in [0.25, 0.3) is 0 Å². The largest absolute Gasteiger partial charge is 0.493 e. The van der Waals surface area contributed by atoms with Crippen LogP contribution in [0.3, 0.4) is 0 Å². The zero-order chi connectivity index (χ0) is 15.7. The highest BCUT2D eigenvalue weighted by Crippen LogP contribution is 2.46. The molecule has 2 aromatic carbocycles. The van der Waals surface area contributed by atoms with E-state index in [2.05, 4.69) is 0 Å². The lowest BCUT2D eigenvalue weighted by atomic mass is 9.84. The summed E-state index contributed by atoms with van der Waals surface area (Å²) in [6.45, 7) is 1.90. The molecule has 0 radical (unpaired) electrons. The van der Waals surface area contributed by atoms with Crippen molar-refractivity contribution >= 4 is 5.78 Å². The van der Waals surface area contributed by atoms with Gasteiger partial charge in [0.05, 0.1) is 25.7 Å². The van der Waals surface area contributed by atoms with Crippen molar-refractivity contribution in [3.63, 3.8) is 0 Å². The first-order valence-corrected chi connectivity index (χ1v) is 7.18. The first-order valence-electron chi connectivity index (χ1n) is 7.18. The van der Waals surface area contributed by atoms with Crippen molar-refractivity contribution in [3.8, 4) is 17.2 Å². The standard InChI is InChI=1S/C18H18O4/c1-11-15(12-7-5-4-6-8-12)16(19)13-9-10-14(20-2)18(21-3)17(13)22-11/h4-11,15H,1-3H3. The lowest BCUT2D eigenvalue weighted by Crippen LogP contribution is -2.34. The van der Waals surface area contributed by atoms with Crippen LogP contribution in [0.15, 0.2) is 42.5 Å². The molecule has 0 bridgehead atoms. The summed E-state index contributed by atoms with van der Waals surface area (Å²) in [5, 5.41) is 0. The predicted octanol–water partition coefficient (Wildman–Crippen LogP) is 3.45. The van der Waals surface area contributed by atoms with Crippen molar-refractivity contribution in [2.24, 2.45) is 0 Å². The summed E-state index contributed by atoms with van der Waals surface area (Å²) in [5.41, 5.74) is 1.49. The van der Waals surface area contributed by atoms with Crippen LogP contribution < -0.4 is 14.2 Å². The van der Waals surface area contributed by atoms with E-state index in [1.807, 2.05) is 37.3 Å². The molecule has 2 unspecified atom stereocenters. The summed E-state index contributed by atoms with van der Waals surface area (Å²) in [6.07, 6.45) is -0.275. The molecule has 1 aliphatic rings. The second kappa shape index (κ2) is 5.72. The minimum absolute atomic E-state index is 0.0425. The maximum Gasteiger partial charge on any atom is 0.204 e. The van der Waals surface area contributed by atoms with E-state index >= 15 is 0 Å². The van der Waals surface area contributed by atoms with E-state index in [9.17, 15) is 4.79 Å². The van der Waals surface area contributed by atoms with Gasteiger partial charge in [-0.1, -0.05) is 30.3 Å². The van der Waals surface area contributed by atoms with E-state index in [0.29, 0.717) is 22.8 Å². The first kappa shape index (κ1) is 14.4. The minimum atomic E-state index is -0.313. The van der Waals surface area contributed by atoms with Gasteiger partial charge in [0.25, 0.3) is 0 Å². The topological polar surface area (TPSA) is 44.8 Å². The fourth-order valence-electron chi connectivity index (χ4n) is 2.93. The van der Waals surface area contributed by atoms with Crippen molar-refractivity contribution in [1.29, 1.82) is 0 Å². The van der Waals surface area contributed by atoms with Gasteiger partial charge in [-0.15, -0.1) is 0 Å². The molecule has 0 N–H and O–H groups in total. The van der Waals surface area contributed by atoms with Gasteiger partial charge < -0.3 is 14.2 Å². The van der Waals surface area contributed by atoms with E-state index in [-0.39, 0.29) is 17.8 Å². The maximum absolute atomic E-state index is 12.9. The number of ether oxygens (including phenoxy) is 3. The Morgan fingerprint density at radius 1 is 1.00 bits per heavy atom. The summed E-state index contributed by atoms with van der Waals surface area (Å²) in [7, 11) is 3.10. The lowest BCUT2D eigenvalue weighted by Gasteiger charge is -2.31. The number of carbonyl (C=O) groups excluding carboxylic acids is 1. The summed E-state index contributed by atoms with van der Waals surface area (Å²) in [4.78, 5) is 12.9. The smallest absolute Gasteiger partial charge is 0.204 e. The molecule has 0 fully saturated rings. The number of hydrogen-bond donors (Lipinski definition) is 0. The predicted molar refractivity (Wildman–Crippen MR) is 83.1 cm³/mol. The van der Waals surface area contributed by atoms with Gasteiger partial charge in [-0.25, -0.2) is 0 Å². The first-order chi connectivity index (χ1) is 10.7. The van der Waals surface area contributed by atoms with Crippen LogP contribution in [0, 0.1) is 0 Å². The van der Waals surface area contributed by atoms with E-state index in [1.165, 1.54) is 0 Å². The second-order valence-electron chi connectivity index (χ2n) is 5.25. The molecule has 22 heavy (non-hydrogen) atoms. The highest BCUT2D eigenvalue weighted by atomic mass is 16.5. The number of benzene rings is 2. The molecule has 0 saturated carbocycles. The zero-order valence-corrected chi connectivity index (χ0v) is 12.8. The molecule has 2 atom stereocenters. The Bertz CT molecular complexity index is 694. The summed E-state index contributed by atoms with van der Waals surface area (Å²) < 4.78 is 16.6. The Kier molecular flexibility index (Phi) is 3.75. The van der Waals surface area contributed by atoms with E-state index in [4.69, 9.17) is 14.2 Å². The monoisotopic (exact) mass is 298 g/mol. The third-order valence-corrected chi connectivity index (χ3v) is 3.98. The van der Waals surface area contributed by atoms with Crippen molar-refractivity contribution in [1.82, 2.24) is 0 Å². The van der Waals surface area contributed by atoms with Crippen molar-refractivity contribution in [2.45, 2.75) is 18.9 Å². The Hall–Kier alpha value is -2.49. The zero-order valence-electron chi connectivity index (χ0n) is 12.8. The number of hydrogen-bond acceptors (Lipinski definition) is 4. The molecule has 4 heteroatoms. The van der Waals surface area contributed by atoms with Gasteiger partial charge in [0, 0.05) is 0 Å². The average molecular weight is 298 g/mol. The molecule has 0 spiro atoms. The molecule has 2 aromatic rings. The summed E-state index contributed by atoms with van der Waals surface area (Å²) >= 11 is 0. The van der Waals surface area contributed by atoms with Gasteiger partial charge in [-0.3, -0.25) is 4.79 Å². The molecule has 0 amide bonds. The fourth-order valence-corrected chi connectivity index (χ4v) is 2.93. The lowest BCUT2D eigenvalue weighted by molar-refractivity contribution is 0.0801. The SMILES string of the molecule is COc1ccc2c(c1OC)OC(C)C(c1ccccc1)C2=O. The molecular formula is C18H18O4. The third kappa shape index (κ3) is 2.21. The molecule has 0 saturated heterocycles. The molecule has 1 heterocycles. The number of ketones is 1. The van der Waals surface area contributed by atoms with Crippen LogP contribution in [-0.4, -0.2) is 26.1 Å². The third-order valence-electron chi connectivity index (χ3n) is 3.98. The van der Waals surface area contributed by atoms with Crippen LogP contribution in [0.1, 0.15) is 28.8 Å². The molecule has 114 valence electrons.